The molecule has 1 unspecified atom stereocenters. The Kier molecular flexibility index (Phi) is 7.45. The number of hydrogen-bond acceptors (Lipinski definition) is 7. The van der Waals surface area contributed by atoms with Crippen LogP contribution in [0.1, 0.15) is 33.3 Å². The third kappa shape index (κ3) is 4.86. The number of benzene rings is 3. The summed E-state index contributed by atoms with van der Waals surface area (Å²) >= 11 is 6.20. The highest BCUT2D eigenvalue weighted by Gasteiger charge is 2.44. The Balaban J connectivity index is 1.53. The van der Waals surface area contributed by atoms with Crippen LogP contribution in [0.15, 0.2) is 76.4 Å². The number of halogens is 1. The van der Waals surface area contributed by atoms with E-state index in [0.29, 0.717) is 45.2 Å². The van der Waals surface area contributed by atoms with Crippen molar-refractivity contribution in [1.29, 1.82) is 0 Å². The largest absolute Gasteiger partial charge is 0.503 e. The smallest absolute Gasteiger partial charge is 0.290 e. The Bertz CT molecular complexity index is 1650. The van der Waals surface area contributed by atoms with E-state index in [1.54, 1.807) is 32.4 Å². The fourth-order valence-corrected chi connectivity index (χ4v) is 5.29. The minimum absolute atomic E-state index is 0.0377. The first kappa shape index (κ1) is 27.1. The highest BCUT2D eigenvalue weighted by Crippen LogP contribution is 2.41. The number of nitrogens with zero attached hydrogens (tertiary/aromatic N) is 1. The number of aryl methyl sites for hydroxylation is 1. The molecule has 0 spiro atoms. The maximum absolute atomic E-state index is 13.9. The maximum atomic E-state index is 13.9. The van der Waals surface area contributed by atoms with E-state index in [2.05, 4.69) is 0 Å². The summed E-state index contributed by atoms with van der Waals surface area (Å²) in [7, 11) is 4.59. The fourth-order valence-electron chi connectivity index (χ4n) is 5.07. The molecule has 1 atom stereocenters. The average molecular weight is 562 g/mol. The van der Waals surface area contributed by atoms with Crippen LogP contribution in [0.2, 0.25) is 5.02 Å². The highest BCUT2D eigenvalue weighted by atomic mass is 35.5. The quantitative estimate of drug-likeness (QED) is 0.241. The number of carbonyl (C=O) groups excluding carboxylic acids is 2. The van der Waals surface area contributed by atoms with Gasteiger partial charge in [-0.1, -0.05) is 47.5 Å². The highest BCUT2D eigenvalue weighted by molar-refractivity contribution is 6.31. The van der Waals surface area contributed by atoms with Crippen LogP contribution in [0.25, 0.3) is 11.0 Å². The standard InChI is InChI=1S/C31H28ClNO7/c1-17-6-5-7-19(12-17)27-26(28(34)24-15-20-14-21(32)16-25(39-4)30(20)40-24)29(35)31(36)33(27)11-10-18-8-9-22(37-2)23(13-18)38-3/h5-9,12-16,27,35H,10-11H2,1-4H3. The summed E-state index contributed by atoms with van der Waals surface area (Å²) in [6, 6.07) is 17.0. The molecule has 1 amide bonds. The number of aliphatic hydroxyl groups is 1. The number of aliphatic hydroxyl groups excluding tert-OH is 1. The van der Waals surface area contributed by atoms with Gasteiger partial charge in [-0.2, -0.15) is 0 Å². The molecule has 0 saturated carbocycles. The molecule has 1 aliphatic rings. The maximum Gasteiger partial charge on any atom is 0.290 e. The van der Waals surface area contributed by atoms with Crippen molar-refractivity contribution in [2.45, 2.75) is 19.4 Å². The van der Waals surface area contributed by atoms with Crippen molar-refractivity contribution in [2.75, 3.05) is 27.9 Å². The Labute approximate surface area is 236 Å². The molecule has 0 fully saturated rings. The molecule has 40 heavy (non-hydrogen) atoms. The average Bonchev–Trinajstić information content (AvgIpc) is 3.49. The minimum Gasteiger partial charge on any atom is -0.503 e. The Morgan fingerprint density at radius 2 is 1.73 bits per heavy atom. The van der Waals surface area contributed by atoms with Crippen molar-refractivity contribution in [3.63, 3.8) is 0 Å². The van der Waals surface area contributed by atoms with Gasteiger partial charge in [0.05, 0.1) is 32.9 Å². The lowest BCUT2D eigenvalue weighted by Gasteiger charge is -2.27. The van der Waals surface area contributed by atoms with E-state index in [9.17, 15) is 14.7 Å². The van der Waals surface area contributed by atoms with Crippen LogP contribution < -0.4 is 14.2 Å². The number of hydrogen-bond donors (Lipinski definition) is 1. The van der Waals surface area contributed by atoms with Crippen LogP contribution in [-0.2, 0) is 11.2 Å². The number of rotatable bonds is 9. The third-order valence-corrected chi connectivity index (χ3v) is 7.20. The second-order valence-corrected chi connectivity index (χ2v) is 9.92. The molecule has 0 aliphatic carbocycles. The van der Waals surface area contributed by atoms with Crippen LogP contribution in [-0.4, -0.2) is 49.6 Å². The summed E-state index contributed by atoms with van der Waals surface area (Å²) < 4.78 is 22.0. The Morgan fingerprint density at radius 1 is 0.975 bits per heavy atom. The van der Waals surface area contributed by atoms with Crippen LogP contribution in [0.4, 0.5) is 0 Å². The SMILES string of the molecule is COc1ccc(CCN2C(=O)C(O)=C(C(=O)c3cc4cc(Cl)cc(OC)c4o3)C2c2cccc(C)c2)cc1OC. The molecule has 0 bridgehead atoms. The van der Waals surface area contributed by atoms with E-state index in [0.717, 1.165) is 11.1 Å². The summed E-state index contributed by atoms with van der Waals surface area (Å²) in [5.74, 6) is -0.336. The van der Waals surface area contributed by atoms with E-state index in [1.165, 1.54) is 18.1 Å². The zero-order chi connectivity index (χ0) is 28.6. The molecule has 206 valence electrons. The fraction of sp³-hybridized carbons (Fsp3) is 0.226. The molecule has 1 aliphatic heterocycles. The molecule has 1 aromatic heterocycles. The van der Waals surface area contributed by atoms with Gasteiger partial charge in [0.15, 0.2) is 34.4 Å². The van der Waals surface area contributed by atoms with Gasteiger partial charge in [-0.25, -0.2) is 0 Å². The van der Waals surface area contributed by atoms with Crippen LogP contribution in [0.5, 0.6) is 17.2 Å². The lowest BCUT2D eigenvalue weighted by molar-refractivity contribution is -0.129. The minimum atomic E-state index is -0.821. The first-order valence-corrected chi connectivity index (χ1v) is 13.0. The molecular formula is C31H28ClNO7. The van der Waals surface area contributed by atoms with Gasteiger partial charge in [0.2, 0.25) is 5.78 Å². The number of amides is 1. The number of ether oxygens (including phenoxy) is 3. The molecule has 2 heterocycles. The molecule has 5 rings (SSSR count). The summed E-state index contributed by atoms with van der Waals surface area (Å²) in [6.45, 7) is 2.16. The number of methoxy groups -OCH3 is 3. The van der Waals surface area contributed by atoms with Crippen molar-refractivity contribution < 1.29 is 33.3 Å². The lowest BCUT2D eigenvalue weighted by atomic mass is 9.94. The topological polar surface area (TPSA) is 98.4 Å². The first-order chi connectivity index (χ1) is 19.2. The molecule has 9 heteroatoms. The van der Waals surface area contributed by atoms with Gasteiger partial charge in [-0.3, -0.25) is 9.59 Å². The molecular weight excluding hydrogens is 534 g/mol. The van der Waals surface area contributed by atoms with Crippen LogP contribution in [0, 0.1) is 6.92 Å². The zero-order valence-electron chi connectivity index (χ0n) is 22.5. The summed E-state index contributed by atoms with van der Waals surface area (Å²) in [4.78, 5) is 28.8. The van der Waals surface area contributed by atoms with Crippen molar-refractivity contribution in [2.24, 2.45) is 0 Å². The predicted molar refractivity (Wildman–Crippen MR) is 151 cm³/mol. The van der Waals surface area contributed by atoms with Crippen molar-refractivity contribution >= 4 is 34.3 Å². The molecule has 0 radical (unpaired) electrons. The second kappa shape index (κ2) is 11.0. The van der Waals surface area contributed by atoms with Gasteiger partial charge in [0.25, 0.3) is 5.91 Å². The monoisotopic (exact) mass is 561 g/mol. The van der Waals surface area contributed by atoms with Gasteiger partial charge in [0, 0.05) is 23.0 Å². The van der Waals surface area contributed by atoms with E-state index in [1.807, 2.05) is 43.3 Å². The number of furan rings is 1. The van der Waals surface area contributed by atoms with Gasteiger partial charge < -0.3 is 28.6 Å². The molecule has 4 aromatic rings. The van der Waals surface area contributed by atoms with Crippen LogP contribution >= 0.6 is 11.6 Å². The number of fused-ring (bicyclic) bond motifs is 1. The van der Waals surface area contributed by atoms with Gasteiger partial charge in [-0.05, 0) is 48.7 Å². The van der Waals surface area contributed by atoms with Gasteiger partial charge in [0.1, 0.15) is 0 Å². The number of carbonyl (C=O) groups is 2. The third-order valence-electron chi connectivity index (χ3n) is 6.99. The van der Waals surface area contributed by atoms with E-state index in [4.69, 9.17) is 30.2 Å². The summed E-state index contributed by atoms with van der Waals surface area (Å²) in [5.41, 5.74) is 2.84. The molecule has 0 saturated heterocycles. The van der Waals surface area contributed by atoms with Gasteiger partial charge >= 0.3 is 0 Å². The zero-order valence-corrected chi connectivity index (χ0v) is 23.2. The van der Waals surface area contributed by atoms with E-state index in [-0.39, 0.29) is 17.9 Å². The van der Waals surface area contributed by atoms with Crippen molar-refractivity contribution in [3.05, 3.63) is 99.5 Å². The molecule has 1 N–H and O–H groups in total. The lowest BCUT2D eigenvalue weighted by Crippen LogP contribution is -2.33. The second-order valence-electron chi connectivity index (χ2n) is 9.48. The summed E-state index contributed by atoms with van der Waals surface area (Å²) in [5, 5.41) is 12.1. The molecule has 8 nitrogen and oxygen atoms in total. The predicted octanol–water partition coefficient (Wildman–Crippen LogP) is 6.24. The van der Waals surface area contributed by atoms with E-state index >= 15 is 0 Å². The van der Waals surface area contributed by atoms with E-state index < -0.39 is 23.5 Å². The number of Topliss-reactive ketones (excluding diaryl/α,β-unsaturated/α-hetero) is 1. The van der Waals surface area contributed by atoms with Crippen LogP contribution in [0.3, 0.4) is 0 Å². The van der Waals surface area contributed by atoms with Crippen molar-refractivity contribution in [1.82, 2.24) is 4.90 Å². The first-order valence-electron chi connectivity index (χ1n) is 12.6. The van der Waals surface area contributed by atoms with Gasteiger partial charge in [-0.15, -0.1) is 0 Å². The number of ketones is 1. The molecule has 3 aromatic carbocycles. The van der Waals surface area contributed by atoms with Crippen molar-refractivity contribution in [3.8, 4) is 17.2 Å². The normalized spacial score (nSPS) is 15.2. The Morgan fingerprint density at radius 3 is 2.42 bits per heavy atom. The summed E-state index contributed by atoms with van der Waals surface area (Å²) in [6.07, 6.45) is 0.448. The Hall–Kier alpha value is -4.43.